The van der Waals surface area contributed by atoms with Gasteiger partial charge in [-0.2, -0.15) is 4.31 Å². The highest BCUT2D eigenvalue weighted by Gasteiger charge is 2.52. The van der Waals surface area contributed by atoms with E-state index in [4.69, 9.17) is 4.74 Å². The summed E-state index contributed by atoms with van der Waals surface area (Å²) in [5, 5.41) is 11.7. The van der Waals surface area contributed by atoms with Gasteiger partial charge in [0, 0.05) is 24.6 Å². The third kappa shape index (κ3) is 3.55. The summed E-state index contributed by atoms with van der Waals surface area (Å²) in [5.74, 6) is 0.497. The number of carbonyl (C=O) groups excluding carboxylic acids is 1. The summed E-state index contributed by atoms with van der Waals surface area (Å²) in [5.41, 5.74) is 0.179. The Morgan fingerprint density at radius 1 is 1.17 bits per heavy atom. The Kier molecular flexibility index (Phi) is 5.46. The van der Waals surface area contributed by atoms with Crippen molar-refractivity contribution in [2.75, 3.05) is 20.2 Å². The lowest BCUT2D eigenvalue weighted by molar-refractivity contribution is -0.0641. The fourth-order valence-electron chi connectivity index (χ4n) is 4.94. The molecule has 1 saturated carbocycles. The van der Waals surface area contributed by atoms with Crippen molar-refractivity contribution in [3.05, 3.63) is 59.7 Å². The molecule has 7 heteroatoms. The van der Waals surface area contributed by atoms with Crippen LogP contribution in [-0.4, -0.2) is 43.8 Å². The number of sulfonamides is 1. The van der Waals surface area contributed by atoms with Crippen molar-refractivity contribution < 1.29 is 23.1 Å². The number of Topliss-reactive ketones (excluding diaryl/α,β-unsaturated/α-hetero) is 1. The zero-order chi connectivity index (χ0) is 21.5. The van der Waals surface area contributed by atoms with Crippen LogP contribution in [0.4, 0.5) is 0 Å². The Morgan fingerprint density at radius 2 is 1.90 bits per heavy atom. The molecule has 0 aromatic heterocycles. The molecule has 1 N–H and O–H groups in total. The summed E-state index contributed by atoms with van der Waals surface area (Å²) < 4.78 is 33.3. The molecule has 0 unspecified atom stereocenters. The molecule has 3 atom stereocenters. The van der Waals surface area contributed by atoms with E-state index in [1.165, 1.54) is 23.4 Å². The zero-order valence-corrected chi connectivity index (χ0v) is 18.1. The molecule has 160 valence electrons. The zero-order valence-electron chi connectivity index (χ0n) is 17.2. The van der Waals surface area contributed by atoms with Crippen LogP contribution in [0.5, 0.6) is 5.75 Å². The fraction of sp³-hybridized carbons (Fsp3) is 0.435. The molecule has 1 aliphatic heterocycles. The van der Waals surface area contributed by atoms with E-state index in [0.717, 1.165) is 18.4 Å². The maximum absolute atomic E-state index is 13.2. The standard InChI is InChI=1S/C23H27NO5S/c1-16(25)17-8-10-21(11-9-17)30(27,28)24-14-18-5-4-12-23(26,22(18)15-24)19-6-3-7-20(13-19)29-2/h3,6-11,13,18,22,26H,4-5,12,14-15H2,1-2H3/t18-,22-,23+/m0/s1. The Bertz CT molecular complexity index is 1050. The van der Waals surface area contributed by atoms with Crippen LogP contribution < -0.4 is 4.74 Å². The molecule has 2 aliphatic rings. The number of aliphatic hydroxyl groups is 1. The second kappa shape index (κ2) is 7.80. The Hall–Kier alpha value is -2.22. The maximum atomic E-state index is 13.2. The Labute approximate surface area is 177 Å². The molecule has 1 aliphatic carbocycles. The van der Waals surface area contributed by atoms with Crippen molar-refractivity contribution in [1.82, 2.24) is 4.31 Å². The lowest BCUT2D eigenvalue weighted by atomic mass is 9.67. The number of methoxy groups -OCH3 is 1. The predicted octanol–water partition coefficient (Wildman–Crippen LogP) is 3.21. The molecular weight excluding hydrogens is 402 g/mol. The number of fused-ring (bicyclic) bond motifs is 1. The van der Waals surface area contributed by atoms with Crippen LogP contribution in [-0.2, 0) is 15.6 Å². The van der Waals surface area contributed by atoms with Gasteiger partial charge in [0.2, 0.25) is 10.0 Å². The highest BCUT2D eigenvalue weighted by molar-refractivity contribution is 7.89. The normalized spacial score (nSPS) is 26.9. The number of ketones is 1. The third-order valence-corrected chi connectivity index (χ3v) is 8.47. The molecule has 2 aromatic carbocycles. The van der Waals surface area contributed by atoms with E-state index in [0.29, 0.717) is 24.3 Å². The number of hydrogen-bond acceptors (Lipinski definition) is 5. The summed E-state index contributed by atoms with van der Waals surface area (Å²) >= 11 is 0. The van der Waals surface area contributed by atoms with Crippen molar-refractivity contribution in [3.8, 4) is 5.75 Å². The minimum absolute atomic E-state index is 0.0984. The largest absolute Gasteiger partial charge is 0.497 e. The van der Waals surface area contributed by atoms with E-state index in [-0.39, 0.29) is 29.1 Å². The van der Waals surface area contributed by atoms with Gasteiger partial charge in [-0.15, -0.1) is 0 Å². The second-order valence-electron chi connectivity index (χ2n) is 8.32. The van der Waals surface area contributed by atoms with Crippen LogP contribution in [0, 0.1) is 11.8 Å². The van der Waals surface area contributed by atoms with Gasteiger partial charge < -0.3 is 9.84 Å². The van der Waals surface area contributed by atoms with Crippen molar-refractivity contribution in [1.29, 1.82) is 0 Å². The van der Waals surface area contributed by atoms with Crippen LogP contribution in [0.25, 0.3) is 0 Å². The van der Waals surface area contributed by atoms with Gasteiger partial charge in [0.1, 0.15) is 5.75 Å². The number of rotatable bonds is 5. The molecule has 0 radical (unpaired) electrons. The van der Waals surface area contributed by atoms with Crippen LogP contribution in [0.1, 0.15) is 42.1 Å². The molecule has 1 saturated heterocycles. The third-order valence-electron chi connectivity index (χ3n) is 6.62. The van der Waals surface area contributed by atoms with E-state index < -0.39 is 15.6 Å². The van der Waals surface area contributed by atoms with Gasteiger partial charge >= 0.3 is 0 Å². The van der Waals surface area contributed by atoms with Gasteiger partial charge in [-0.25, -0.2) is 8.42 Å². The summed E-state index contributed by atoms with van der Waals surface area (Å²) in [6.45, 7) is 2.12. The summed E-state index contributed by atoms with van der Waals surface area (Å²) in [6, 6.07) is 13.5. The predicted molar refractivity (Wildman–Crippen MR) is 113 cm³/mol. The molecular formula is C23H27NO5S. The molecule has 6 nitrogen and oxygen atoms in total. The van der Waals surface area contributed by atoms with Crippen molar-refractivity contribution >= 4 is 15.8 Å². The lowest BCUT2D eigenvalue weighted by Gasteiger charge is -2.41. The number of nitrogens with zero attached hydrogens (tertiary/aromatic N) is 1. The molecule has 4 rings (SSSR count). The molecule has 2 aromatic rings. The first kappa shape index (κ1) is 21.0. The smallest absolute Gasteiger partial charge is 0.243 e. The summed E-state index contributed by atoms with van der Waals surface area (Å²) in [6.07, 6.45) is 2.34. The van der Waals surface area contributed by atoms with Crippen LogP contribution >= 0.6 is 0 Å². The highest BCUT2D eigenvalue weighted by Crippen LogP contribution is 2.49. The molecule has 30 heavy (non-hydrogen) atoms. The van der Waals surface area contributed by atoms with Crippen molar-refractivity contribution in [3.63, 3.8) is 0 Å². The topological polar surface area (TPSA) is 83.9 Å². The van der Waals surface area contributed by atoms with E-state index in [9.17, 15) is 18.3 Å². The Balaban J connectivity index is 1.63. The number of benzene rings is 2. The lowest BCUT2D eigenvalue weighted by Crippen LogP contribution is -2.43. The van der Waals surface area contributed by atoms with Gasteiger partial charge in [-0.05, 0) is 61.9 Å². The molecule has 2 fully saturated rings. The van der Waals surface area contributed by atoms with E-state index in [1.807, 2.05) is 24.3 Å². The van der Waals surface area contributed by atoms with Gasteiger partial charge in [-0.3, -0.25) is 4.79 Å². The van der Waals surface area contributed by atoms with Crippen LogP contribution in [0.2, 0.25) is 0 Å². The summed E-state index contributed by atoms with van der Waals surface area (Å²) in [7, 11) is -2.11. The molecule has 0 bridgehead atoms. The minimum atomic E-state index is -3.70. The minimum Gasteiger partial charge on any atom is -0.497 e. The molecule has 0 spiro atoms. The maximum Gasteiger partial charge on any atom is 0.243 e. The average molecular weight is 430 g/mol. The highest BCUT2D eigenvalue weighted by atomic mass is 32.2. The quantitative estimate of drug-likeness (QED) is 0.738. The van der Waals surface area contributed by atoms with E-state index >= 15 is 0 Å². The van der Waals surface area contributed by atoms with Gasteiger partial charge in [-0.1, -0.05) is 24.3 Å². The molecule has 0 amide bonds. The Morgan fingerprint density at radius 3 is 2.57 bits per heavy atom. The number of ether oxygens (including phenoxy) is 1. The first-order chi connectivity index (χ1) is 14.3. The van der Waals surface area contributed by atoms with Crippen LogP contribution in [0.15, 0.2) is 53.4 Å². The SMILES string of the molecule is COc1cccc([C@]2(O)CCC[C@H]3CN(S(=O)(=O)c4ccc(C(C)=O)cc4)C[C@@H]32)c1. The van der Waals surface area contributed by atoms with E-state index in [2.05, 4.69) is 0 Å². The second-order valence-corrected chi connectivity index (χ2v) is 10.3. The van der Waals surface area contributed by atoms with E-state index in [1.54, 1.807) is 19.2 Å². The number of hydrogen-bond donors (Lipinski definition) is 1. The summed E-state index contributed by atoms with van der Waals surface area (Å²) in [4.78, 5) is 11.7. The van der Waals surface area contributed by atoms with Gasteiger partial charge in [0.25, 0.3) is 0 Å². The van der Waals surface area contributed by atoms with Crippen LogP contribution in [0.3, 0.4) is 0 Å². The van der Waals surface area contributed by atoms with Gasteiger partial charge in [0.05, 0.1) is 17.6 Å². The van der Waals surface area contributed by atoms with Gasteiger partial charge in [0.15, 0.2) is 5.78 Å². The first-order valence-corrected chi connectivity index (χ1v) is 11.7. The monoisotopic (exact) mass is 429 g/mol. The number of carbonyl (C=O) groups is 1. The van der Waals surface area contributed by atoms with Crippen molar-refractivity contribution in [2.24, 2.45) is 11.8 Å². The average Bonchev–Trinajstić information content (AvgIpc) is 3.21. The fourth-order valence-corrected chi connectivity index (χ4v) is 6.46. The first-order valence-electron chi connectivity index (χ1n) is 10.2. The van der Waals surface area contributed by atoms with Crippen molar-refractivity contribution in [2.45, 2.75) is 36.7 Å². The molecule has 1 heterocycles.